The van der Waals surface area contributed by atoms with Crippen LogP contribution in [0.15, 0.2) is 58.8 Å². The summed E-state index contributed by atoms with van der Waals surface area (Å²) >= 11 is 7.34. The highest BCUT2D eigenvalue weighted by atomic mass is 35.5. The second kappa shape index (κ2) is 9.08. The lowest BCUT2D eigenvalue weighted by Crippen LogP contribution is -2.37. The van der Waals surface area contributed by atoms with E-state index in [4.69, 9.17) is 11.6 Å². The summed E-state index contributed by atoms with van der Waals surface area (Å²) in [6, 6.07) is 14.2. The SMILES string of the molecule is Cc1ccc(S(=O)(=O)N2CCCN(C(=O)c3csc(-c4ccc(Cl)cc4)n3)CC2)cc1. The Labute approximate surface area is 191 Å². The third-order valence-electron chi connectivity index (χ3n) is 5.22. The number of benzene rings is 2. The predicted molar refractivity (Wildman–Crippen MR) is 123 cm³/mol. The van der Waals surface area contributed by atoms with Gasteiger partial charge in [-0.05, 0) is 37.6 Å². The van der Waals surface area contributed by atoms with Crippen LogP contribution >= 0.6 is 22.9 Å². The largest absolute Gasteiger partial charge is 0.336 e. The molecule has 0 aliphatic carbocycles. The molecule has 1 fully saturated rings. The number of aryl methyl sites for hydroxylation is 1. The number of hydrogen-bond donors (Lipinski definition) is 0. The van der Waals surface area contributed by atoms with Gasteiger partial charge in [-0.15, -0.1) is 11.3 Å². The van der Waals surface area contributed by atoms with Crippen LogP contribution in [0.5, 0.6) is 0 Å². The zero-order chi connectivity index (χ0) is 22.0. The molecule has 0 saturated carbocycles. The summed E-state index contributed by atoms with van der Waals surface area (Å²) in [5.41, 5.74) is 2.29. The fourth-order valence-electron chi connectivity index (χ4n) is 3.46. The molecule has 0 bridgehead atoms. The summed E-state index contributed by atoms with van der Waals surface area (Å²) in [6.45, 7) is 3.39. The molecule has 1 aliphatic heterocycles. The minimum atomic E-state index is -3.58. The first-order chi connectivity index (χ1) is 14.8. The third kappa shape index (κ3) is 4.82. The Morgan fingerprint density at radius 3 is 2.42 bits per heavy atom. The Bertz CT molecular complexity index is 1180. The van der Waals surface area contributed by atoms with Gasteiger partial charge in [0.25, 0.3) is 5.91 Å². The minimum Gasteiger partial charge on any atom is -0.336 e. The number of carbonyl (C=O) groups is 1. The lowest BCUT2D eigenvalue weighted by atomic mass is 10.2. The van der Waals surface area contributed by atoms with E-state index in [0.717, 1.165) is 16.1 Å². The molecule has 4 rings (SSSR count). The van der Waals surface area contributed by atoms with Crippen LogP contribution in [0.4, 0.5) is 0 Å². The Morgan fingerprint density at radius 2 is 1.71 bits per heavy atom. The van der Waals surface area contributed by atoms with E-state index >= 15 is 0 Å². The molecular weight excluding hydrogens is 454 g/mol. The Hall–Kier alpha value is -2.26. The van der Waals surface area contributed by atoms with Crippen molar-refractivity contribution in [3.63, 3.8) is 0 Å². The van der Waals surface area contributed by atoms with Gasteiger partial charge in [-0.3, -0.25) is 4.79 Å². The standard InChI is InChI=1S/C22H22ClN3O3S2/c1-16-3-9-19(10-4-16)31(28,29)26-12-2-11-25(13-14-26)22(27)20-15-30-21(24-20)17-5-7-18(23)8-6-17/h3-10,15H,2,11-14H2,1H3. The molecular formula is C22H22ClN3O3S2. The monoisotopic (exact) mass is 475 g/mol. The van der Waals surface area contributed by atoms with Crippen LogP contribution < -0.4 is 0 Å². The second-order valence-corrected chi connectivity index (χ2v) is 10.6. The molecule has 6 nitrogen and oxygen atoms in total. The average Bonchev–Trinajstić information content (AvgIpc) is 3.11. The normalized spacial score (nSPS) is 15.6. The van der Waals surface area contributed by atoms with E-state index in [1.807, 2.05) is 19.1 Å². The maximum Gasteiger partial charge on any atom is 0.273 e. The van der Waals surface area contributed by atoms with Gasteiger partial charge >= 0.3 is 0 Å². The first-order valence-corrected chi connectivity index (χ1v) is 12.6. The molecule has 1 amide bonds. The molecule has 2 heterocycles. The smallest absolute Gasteiger partial charge is 0.273 e. The molecule has 162 valence electrons. The molecule has 3 aromatic rings. The second-order valence-electron chi connectivity index (χ2n) is 7.41. The highest BCUT2D eigenvalue weighted by Crippen LogP contribution is 2.26. The van der Waals surface area contributed by atoms with Crippen molar-refractivity contribution in [3.8, 4) is 10.6 Å². The summed E-state index contributed by atoms with van der Waals surface area (Å²) in [5, 5.41) is 3.14. The lowest BCUT2D eigenvalue weighted by molar-refractivity contribution is 0.0759. The summed E-state index contributed by atoms with van der Waals surface area (Å²) in [5.74, 6) is -0.175. The summed E-state index contributed by atoms with van der Waals surface area (Å²) in [7, 11) is -3.58. The number of rotatable bonds is 4. The fraction of sp³-hybridized carbons (Fsp3) is 0.273. The van der Waals surface area contributed by atoms with Gasteiger partial charge in [-0.2, -0.15) is 4.31 Å². The van der Waals surface area contributed by atoms with Crippen molar-refractivity contribution < 1.29 is 13.2 Å². The lowest BCUT2D eigenvalue weighted by Gasteiger charge is -2.21. The zero-order valence-corrected chi connectivity index (χ0v) is 19.4. The van der Waals surface area contributed by atoms with Crippen LogP contribution in [-0.4, -0.2) is 54.7 Å². The van der Waals surface area contributed by atoms with Gasteiger partial charge in [0.1, 0.15) is 10.7 Å². The van der Waals surface area contributed by atoms with Crippen molar-refractivity contribution in [3.05, 3.63) is 70.2 Å². The number of carbonyl (C=O) groups excluding carboxylic acids is 1. The number of aromatic nitrogens is 1. The first kappa shape index (κ1) is 22.0. The topological polar surface area (TPSA) is 70.6 Å². The highest BCUT2D eigenvalue weighted by molar-refractivity contribution is 7.89. The summed E-state index contributed by atoms with van der Waals surface area (Å²) < 4.78 is 27.4. The number of sulfonamides is 1. The molecule has 2 aromatic carbocycles. The summed E-state index contributed by atoms with van der Waals surface area (Å²) in [6.07, 6.45) is 0.574. The molecule has 0 spiro atoms. The van der Waals surface area contributed by atoms with E-state index in [1.165, 1.54) is 15.6 Å². The van der Waals surface area contributed by atoms with Crippen LogP contribution in [0.25, 0.3) is 10.6 Å². The maximum absolute atomic E-state index is 13.0. The molecule has 1 saturated heterocycles. The number of thiazole rings is 1. The molecule has 9 heteroatoms. The van der Waals surface area contributed by atoms with E-state index in [2.05, 4.69) is 4.98 Å². The van der Waals surface area contributed by atoms with E-state index in [1.54, 1.807) is 46.7 Å². The Morgan fingerprint density at radius 1 is 1.00 bits per heavy atom. The molecule has 0 radical (unpaired) electrons. The van der Waals surface area contributed by atoms with Gasteiger partial charge in [0.2, 0.25) is 10.0 Å². The van der Waals surface area contributed by atoms with Crippen LogP contribution in [0.2, 0.25) is 5.02 Å². The van der Waals surface area contributed by atoms with Gasteiger partial charge in [-0.1, -0.05) is 41.4 Å². The van der Waals surface area contributed by atoms with Crippen molar-refractivity contribution in [2.75, 3.05) is 26.2 Å². The van der Waals surface area contributed by atoms with Crippen LogP contribution in [0.1, 0.15) is 22.5 Å². The average molecular weight is 476 g/mol. The molecule has 0 atom stereocenters. The molecule has 1 aromatic heterocycles. The Kier molecular flexibility index (Phi) is 6.43. The van der Waals surface area contributed by atoms with Gasteiger partial charge in [0.15, 0.2) is 0 Å². The first-order valence-electron chi connectivity index (χ1n) is 9.92. The van der Waals surface area contributed by atoms with Gasteiger partial charge in [-0.25, -0.2) is 13.4 Å². The maximum atomic E-state index is 13.0. The van der Waals surface area contributed by atoms with Crippen LogP contribution in [-0.2, 0) is 10.0 Å². The van der Waals surface area contributed by atoms with Crippen LogP contribution in [0, 0.1) is 6.92 Å². The van der Waals surface area contributed by atoms with Crippen molar-refractivity contribution in [2.45, 2.75) is 18.2 Å². The molecule has 31 heavy (non-hydrogen) atoms. The minimum absolute atomic E-state index is 0.175. The van der Waals surface area contributed by atoms with E-state index in [9.17, 15) is 13.2 Å². The van der Waals surface area contributed by atoms with E-state index in [0.29, 0.717) is 36.8 Å². The number of hydrogen-bond acceptors (Lipinski definition) is 5. The van der Waals surface area contributed by atoms with E-state index < -0.39 is 10.0 Å². The fourth-order valence-corrected chi connectivity index (χ4v) is 5.85. The molecule has 0 unspecified atom stereocenters. The number of nitrogens with zero attached hydrogens (tertiary/aromatic N) is 3. The van der Waals surface area contributed by atoms with Gasteiger partial charge in [0.05, 0.1) is 4.90 Å². The predicted octanol–water partition coefficient (Wildman–Crippen LogP) is 4.31. The van der Waals surface area contributed by atoms with E-state index in [-0.39, 0.29) is 17.3 Å². The van der Waals surface area contributed by atoms with Crippen molar-refractivity contribution in [2.24, 2.45) is 0 Å². The van der Waals surface area contributed by atoms with Gasteiger partial charge in [0, 0.05) is 42.1 Å². The highest BCUT2D eigenvalue weighted by Gasteiger charge is 2.29. The van der Waals surface area contributed by atoms with Crippen molar-refractivity contribution >= 4 is 38.9 Å². The molecule has 0 N–H and O–H groups in total. The van der Waals surface area contributed by atoms with Crippen LogP contribution in [0.3, 0.4) is 0 Å². The zero-order valence-electron chi connectivity index (χ0n) is 17.0. The van der Waals surface area contributed by atoms with Crippen molar-refractivity contribution in [1.29, 1.82) is 0 Å². The summed E-state index contributed by atoms with van der Waals surface area (Å²) in [4.78, 5) is 19.5. The molecule has 1 aliphatic rings. The Balaban J connectivity index is 1.46. The quantitative estimate of drug-likeness (QED) is 0.563. The number of amides is 1. The third-order valence-corrected chi connectivity index (χ3v) is 8.27. The number of halogens is 1. The van der Waals surface area contributed by atoms with Gasteiger partial charge < -0.3 is 4.90 Å². The van der Waals surface area contributed by atoms with Crippen molar-refractivity contribution in [1.82, 2.24) is 14.2 Å².